The van der Waals surface area contributed by atoms with Gasteiger partial charge in [0.1, 0.15) is 0 Å². The van der Waals surface area contributed by atoms with Gasteiger partial charge < -0.3 is 5.11 Å². The fourth-order valence-electron chi connectivity index (χ4n) is 2.69. The Kier molecular flexibility index (Phi) is 3.11. The first-order valence-corrected chi connectivity index (χ1v) is 6.59. The van der Waals surface area contributed by atoms with E-state index in [9.17, 15) is 9.59 Å². The second-order valence-electron chi connectivity index (χ2n) is 5.12. The van der Waals surface area contributed by atoms with Gasteiger partial charge in [0.05, 0.1) is 5.92 Å². The molecule has 3 rings (SSSR count). The van der Waals surface area contributed by atoms with Gasteiger partial charge in [-0.25, -0.2) is 0 Å². The predicted octanol–water partition coefficient (Wildman–Crippen LogP) is 2.72. The van der Waals surface area contributed by atoms with Crippen LogP contribution in [-0.4, -0.2) is 16.9 Å². The summed E-state index contributed by atoms with van der Waals surface area (Å²) in [7, 11) is 0. The van der Waals surface area contributed by atoms with E-state index in [0.717, 1.165) is 11.1 Å². The Balaban J connectivity index is 1.90. The topological polar surface area (TPSA) is 54.4 Å². The molecular weight excluding hydrogens is 252 g/mol. The van der Waals surface area contributed by atoms with Gasteiger partial charge in [-0.2, -0.15) is 0 Å². The molecule has 0 amide bonds. The van der Waals surface area contributed by atoms with Crippen molar-refractivity contribution in [2.75, 3.05) is 0 Å². The monoisotopic (exact) mass is 266 g/mol. The molecule has 0 saturated heterocycles. The maximum atomic E-state index is 12.3. The van der Waals surface area contributed by atoms with Crippen molar-refractivity contribution in [1.82, 2.24) is 0 Å². The highest BCUT2D eigenvalue weighted by molar-refractivity contribution is 6.09. The molecule has 1 aliphatic carbocycles. The molecule has 1 aliphatic rings. The van der Waals surface area contributed by atoms with Crippen LogP contribution in [-0.2, 0) is 17.6 Å². The molecule has 1 unspecified atom stereocenters. The Labute approximate surface area is 116 Å². The summed E-state index contributed by atoms with van der Waals surface area (Å²) in [5, 5.41) is 9.07. The highest BCUT2D eigenvalue weighted by atomic mass is 16.4. The van der Waals surface area contributed by atoms with Crippen LogP contribution in [0.15, 0.2) is 48.5 Å². The molecule has 2 aromatic rings. The first-order valence-electron chi connectivity index (χ1n) is 6.59. The summed E-state index contributed by atoms with van der Waals surface area (Å²) in [5.74, 6) is -1.14. The van der Waals surface area contributed by atoms with Gasteiger partial charge in [-0.05, 0) is 30.0 Å². The summed E-state index contributed by atoms with van der Waals surface area (Å²) in [6.07, 6.45) is 1.07. The van der Waals surface area contributed by atoms with E-state index >= 15 is 0 Å². The molecule has 100 valence electrons. The van der Waals surface area contributed by atoms with Gasteiger partial charge in [-0.15, -0.1) is 0 Å². The minimum absolute atomic E-state index is 0.0211. The number of fused-ring (bicyclic) bond motifs is 1. The molecule has 1 atom stereocenters. The molecule has 0 saturated carbocycles. The van der Waals surface area contributed by atoms with Crippen LogP contribution in [0.2, 0.25) is 0 Å². The third-order valence-corrected chi connectivity index (χ3v) is 3.79. The van der Waals surface area contributed by atoms with E-state index in [1.54, 1.807) is 18.2 Å². The Morgan fingerprint density at radius 3 is 2.30 bits per heavy atom. The lowest BCUT2D eigenvalue weighted by Crippen LogP contribution is -2.12. The Morgan fingerprint density at radius 2 is 1.60 bits per heavy atom. The minimum atomic E-state index is -0.767. The molecule has 0 radical (unpaired) electrons. The predicted molar refractivity (Wildman–Crippen MR) is 74.9 cm³/mol. The zero-order chi connectivity index (χ0) is 14.1. The van der Waals surface area contributed by atoms with E-state index in [-0.39, 0.29) is 11.7 Å². The van der Waals surface area contributed by atoms with Crippen LogP contribution in [0.3, 0.4) is 0 Å². The van der Waals surface area contributed by atoms with Gasteiger partial charge in [0.25, 0.3) is 0 Å². The summed E-state index contributed by atoms with van der Waals surface area (Å²) in [4.78, 5) is 23.4. The molecule has 0 aromatic heterocycles. The van der Waals surface area contributed by atoms with E-state index in [1.165, 1.54) is 0 Å². The summed E-state index contributed by atoms with van der Waals surface area (Å²) in [6, 6.07) is 14.6. The van der Waals surface area contributed by atoms with E-state index in [2.05, 4.69) is 0 Å². The number of rotatable bonds is 3. The van der Waals surface area contributed by atoms with Gasteiger partial charge in [0, 0.05) is 11.1 Å². The SMILES string of the molecule is O=C(c1ccccc1)c1ccc2c(c1)CC(C(=O)O)C2. The van der Waals surface area contributed by atoms with E-state index in [0.29, 0.717) is 24.0 Å². The average Bonchev–Trinajstić information content (AvgIpc) is 2.90. The van der Waals surface area contributed by atoms with E-state index in [1.807, 2.05) is 30.3 Å². The normalized spacial score (nSPS) is 16.7. The number of aliphatic carboxylic acids is 1. The summed E-state index contributed by atoms with van der Waals surface area (Å²) in [6.45, 7) is 0. The lowest BCUT2D eigenvalue weighted by molar-refractivity contribution is -0.141. The van der Waals surface area contributed by atoms with Crippen molar-refractivity contribution in [3.8, 4) is 0 Å². The smallest absolute Gasteiger partial charge is 0.307 e. The number of ketones is 1. The average molecular weight is 266 g/mol. The summed E-state index contributed by atoms with van der Waals surface area (Å²) >= 11 is 0. The quantitative estimate of drug-likeness (QED) is 0.869. The lowest BCUT2D eigenvalue weighted by atomic mass is 9.99. The fraction of sp³-hybridized carbons (Fsp3) is 0.176. The van der Waals surface area contributed by atoms with Crippen LogP contribution in [0.4, 0.5) is 0 Å². The first-order chi connectivity index (χ1) is 9.65. The maximum absolute atomic E-state index is 12.3. The third-order valence-electron chi connectivity index (χ3n) is 3.79. The standard InChI is InChI=1S/C17H14O3/c18-16(11-4-2-1-3-5-11)13-7-6-12-8-15(17(19)20)10-14(12)9-13/h1-7,9,15H,8,10H2,(H,19,20). The number of carboxylic acids is 1. The molecular formula is C17H14O3. The summed E-state index contributed by atoms with van der Waals surface area (Å²) < 4.78 is 0. The molecule has 20 heavy (non-hydrogen) atoms. The molecule has 0 spiro atoms. The van der Waals surface area contributed by atoms with Crippen LogP contribution in [0.1, 0.15) is 27.0 Å². The van der Waals surface area contributed by atoms with Crippen LogP contribution in [0.5, 0.6) is 0 Å². The highest BCUT2D eigenvalue weighted by Gasteiger charge is 2.27. The molecule has 0 heterocycles. The fourth-order valence-corrected chi connectivity index (χ4v) is 2.69. The second-order valence-corrected chi connectivity index (χ2v) is 5.12. The molecule has 2 aromatic carbocycles. The number of hydrogen-bond donors (Lipinski definition) is 1. The van der Waals surface area contributed by atoms with Crippen LogP contribution in [0.25, 0.3) is 0 Å². The Hall–Kier alpha value is -2.42. The molecule has 0 fully saturated rings. The van der Waals surface area contributed by atoms with Crippen molar-refractivity contribution in [3.63, 3.8) is 0 Å². The van der Waals surface area contributed by atoms with Crippen molar-refractivity contribution in [3.05, 3.63) is 70.8 Å². The van der Waals surface area contributed by atoms with Crippen LogP contribution < -0.4 is 0 Å². The summed E-state index contributed by atoms with van der Waals surface area (Å²) in [5.41, 5.74) is 3.31. The third kappa shape index (κ3) is 2.23. The molecule has 0 bridgehead atoms. The van der Waals surface area contributed by atoms with Gasteiger partial charge in [-0.3, -0.25) is 9.59 Å². The van der Waals surface area contributed by atoms with Crippen LogP contribution >= 0.6 is 0 Å². The Morgan fingerprint density at radius 1 is 0.900 bits per heavy atom. The number of hydrogen-bond acceptors (Lipinski definition) is 2. The molecule has 1 N–H and O–H groups in total. The zero-order valence-electron chi connectivity index (χ0n) is 10.9. The van der Waals surface area contributed by atoms with E-state index in [4.69, 9.17) is 5.11 Å². The molecule has 3 nitrogen and oxygen atoms in total. The second kappa shape index (κ2) is 4.93. The van der Waals surface area contributed by atoms with Crippen molar-refractivity contribution in [2.24, 2.45) is 5.92 Å². The number of carbonyl (C=O) groups is 2. The van der Waals surface area contributed by atoms with Crippen molar-refractivity contribution >= 4 is 11.8 Å². The van der Waals surface area contributed by atoms with Crippen LogP contribution in [0, 0.1) is 5.92 Å². The van der Waals surface area contributed by atoms with Crippen molar-refractivity contribution in [2.45, 2.75) is 12.8 Å². The number of carboxylic acid groups (broad SMARTS) is 1. The number of benzene rings is 2. The van der Waals surface area contributed by atoms with Crippen molar-refractivity contribution in [1.29, 1.82) is 0 Å². The molecule has 0 aliphatic heterocycles. The lowest BCUT2D eigenvalue weighted by Gasteiger charge is -2.04. The minimum Gasteiger partial charge on any atom is -0.481 e. The van der Waals surface area contributed by atoms with Gasteiger partial charge >= 0.3 is 5.97 Å². The first kappa shape index (κ1) is 12.6. The van der Waals surface area contributed by atoms with Crippen molar-refractivity contribution < 1.29 is 14.7 Å². The highest BCUT2D eigenvalue weighted by Crippen LogP contribution is 2.28. The largest absolute Gasteiger partial charge is 0.481 e. The van der Waals surface area contributed by atoms with Gasteiger partial charge in [0.15, 0.2) is 5.78 Å². The zero-order valence-corrected chi connectivity index (χ0v) is 10.9. The van der Waals surface area contributed by atoms with Gasteiger partial charge in [0.2, 0.25) is 0 Å². The van der Waals surface area contributed by atoms with Gasteiger partial charge in [-0.1, -0.05) is 42.5 Å². The maximum Gasteiger partial charge on any atom is 0.307 e. The van der Waals surface area contributed by atoms with E-state index < -0.39 is 5.97 Å². The molecule has 3 heteroatoms. The Bertz CT molecular complexity index is 674. The number of carbonyl (C=O) groups excluding carboxylic acids is 1.